The van der Waals surface area contributed by atoms with Crippen LogP contribution in [0, 0.1) is 22.5 Å². The zero-order valence-electron chi connectivity index (χ0n) is 17.6. The first-order chi connectivity index (χ1) is 14.1. The van der Waals surface area contributed by atoms with E-state index < -0.39 is 23.4 Å². The summed E-state index contributed by atoms with van der Waals surface area (Å²) in [5.74, 6) is -2.00. The zero-order chi connectivity index (χ0) is 21.9. The van der Waals surface area contributed by atoms with Crippen LogP contribution in [0.2, 0.25) is 0 Å². The van der Waals surface area contributed by atoms with Crippen LogP contribution < -0.4 is 10.6 Å². The molecule has 0 radical (unpaired) electrons. The van der Waals surface area contributed by atoms with Gasteiger partial charge in [-0.1, -0.05) is 45.0 Å². The van der Waals surface area contributed by atoms with Gasteiger partial charge in [-0.05, 0) is 54.4 Å². The topological polar surface area (TPSA) is 58.2 Å². The maximum Gasteiger partial charge on any atom is 0.254 e. The number of benzene rings is 2. The van der Waals surface area contributed by atoms with Gasteiger partial charge in [0, 0.05) is 12.6 Å². The molecule has 0 spiro atoms. The number of nitrogens with one attached hydrogen (secondary N) is 2. The summed E-state index contributed by atoms with van der Waals surface area (Å²) in [7, 11) is 0. The van der Waals surface area contributed by atoms with Gasteiger partial charge in [-0.15, -0.1) is 0 Å². The Bertz CT molecular complexity index is 944. The number of carbonyl (C=O) groups excluding carboxylic acids is 2. The van der Waals surface area contributed by atoms with E-state index in [0.29, 0.717) is 13.0 Å². The molecule has 6 heteroatoms. The van der Waals surface area contributed by atoms with Crippen molar-refractivity contribution in [1.82, 2.24) is 10.6 Å². The minimum atomic E-state index is -0.556. The lowest BCUT2D eigenvalue weighted by Gasteiger charge is -2.47. The molecular formula is C24H28F2N2O2. The van der Waals surface area contributed by atoms with Crippen LogP contribution in [0.25, 0.3) is 0 Å². The Hall–Kier alpha value is -2.76. The van der Waals surface area contributed by atoms with Gasteiger partial charge in [0.15, 0.2) is 0 Å². The van der Waals surface area contributed by atoms with Crippen LogP contribution in [0.4, 0.5) is 8.78 Å². The molecule has 1 fully saturated rings. The second-order valence-electron chi connectivity index (χ2n) is 9.37. The summed E-state index contributed by atoms with van der Waals surface area (Å²) in [6.07, 6.45) is 2.22. The Labute approximate surface area is 176 Å². The third kappa shape index (κ3) is 5.23. The highest BCUT2D eigenvalue weighted by Crippen LogP contribution is 2.45. The van der Waals surface area contributed by atoms with Gasteiger partial charge < -0.3 is 10.6 Å². The average molecular weight is 414 g/mol. The quantitative estimate of drug-likeness (QED) is 0.745. The summed E-state index contributed by atoms with van der Waals surface area (Å²) in [4.78, 5) is 25.0. The van der Waals surface area contributed by atoms with Crippen LogP contribution >= 0.6 is 0 Å². The lowest BCUT2D eigenvalue weighted by Crippen LogP contribution is -2.50. The van der Waals surface area contributed by atoms with Gasteiger partial charge in [0.25, 0.3) is 11.8 Å². The van der Waals surface area contributed by atoms with Crippen LogP contribution in [0.5, 0.6) is 0 Å². The van der Waals surface area contributed by atoms with Crippen molar-refractivity contribution in [2.45, 2.75) is 46.1 Å². The molecule has 0 heterocycles. The monoisotopic (exact) mass is 414 g/mol. The van der Waals surface area contributed by atoms with Crippen LogP contribution in [-0.4, -0.2) is 24.4 Å². The molecule has 160 valence electrons. The molecule has 0 bridgehead atoms. The van der Waals surface area contributed by atoms with Crippen molar-refractivity contribution in [2.75, 3.05) is 6.54 Å². The van der Waals surface area contributed by atoms with Gasteiger partial charge >= 0.3 is 0 Å². The van der Waals surface area contributed by atoms with Crippen molar-refractivity contribution < 1.29 is 18.4 Å². The highest BCUT2D eigenvalue weighted by Gasteiger charge is 2.42. The molecule has 0 aliphatic heterocycles. The highest BCUT2D eigenvalue weighted by molar-refractivity contribution is 5.95. The molecule has 1 aliphatic rings. The number of rotatable bonds is 5. The van der Waals surface area contributed by atoms with E-state index in [4.69, 9.17) is 0 Å². The Morgan fingerprint density at radius 2 is 1.43 bits per heavy atom. The van der Waals surface area contributed by atoms with Gasteiger partial charge in [0.05, 0.1) is 11.1 Å². The molecule has 1 saturated carbocycles. The normalized spacial score (nSPS) is 22.9. The standard InChI is InChI=1S/C24H28F2N2O2/c1-23(2)12-16(28-22(30)18-9-5-7-11-20(18)26)13-24(3,14-23)15-27-21(29)17-8-4-6-10-19(17)25/h4-11,16H,12-15H2,1-3H3,(H,27,29)(H,28,30)/t16-,24+/m0/s1. The average Bonchev–Trinajstić information content (AvgIpc) is 2.65. The first-order valence-corrected chi connectivity index (χ1v) is 10.2. The molecule has 2 amide bonds. The molecule has 4 nitrogen and oxygen atoms in total. The van der Waals surface area contributed by atoms with Gasteiger partial charge in [0.1, 0.15) is 11.6 Å². The first kappa shape index (κ1) is 21.9. The van der Waals surface area contributed by atoms with E-state index in [2.05, 4.69) is 31.4 Å². The maximum atomic E-state index is 14.0. The molecule has 0 aromatic heterocycles. The van der Waals surface area contributed by atoms with Crippen molar-refractivity contribution in [1.29, 1.82) is 0 Å². The predicted molar refractivity (Wildman–Crippen MR) is 112 cm³/mol. The minimum absolute atomic E-state index is 0.0144. The van der Waals surface area contributed by atoms with Gasteiger partial charge in [-0.2, -0.15) is 0 Å². The Morgan fingerprint density at radius 1 is 0.900 bits per heavy atom. The fourth-order valence-electron chi connectivity index (χ4n) is 4.81. The Kier molecular flexibility index (Phi) is 6.25. The van der Waals surface area contributed by atoms with Crippen LogP contribution in [-0.2, 0) is 0 Å². The molecule has 3 rings (SSSR count). The van der Waals surface area contributed by atoms with Crippen molar-refractivity contribution in [3.8, 4) is 0 Å². The summed E-state index contributed by atoms with van der Waals surface area (Å²) in [5.41, 5.74) is -0.338. The lowest BCUT2D eigenvalue weighted by atomic mass is 9.62. The molecular weight excluding hydrogens is 386 g/mol. The van der Waals surface area contributed by atoms with E-state index in [-0.39, 0.29) is 28.0 Å². The predicted octanol–water partition coefficient (Wildman–Crippen LogP) is 4.71. The second kappa shape index (κ2) is 8.54. The number of amides is 2. The summed E-state index contributed by atoms with van der Waals surface area (Å²) in [6, 6.07) is 11.6. The minimum Gasteiger partial charge on any atom is -0.351 e. The van der Waals surface area contributed by atoms with E-state index in [0.717, 1.165) is 12.8 Å². The molecule has 30 heavy (non-hydrogen) atoms. The van der Waals surface area contributed by atoms with E-state index in [1.165, 1.54) is 24.3 Å². The summed E-state index contributed by atoms with van der Waals surface area (Å²) in [5, 5.41) is 5.81. The fourth-order valence-corrected chi connectivity index (χ4v) is 4.81. The van der Waals surface area contributed by atoms with E-state index >= 15 is 0 Å². The van der Waals surface area contributed by atoms with E-state index in [1.54, 1.807) is 24.3 Å². The van der Waals surface area contributed by atoms with Gasteiger partial charge in [0.2, 0.25) is 0 Å². The highest BCUT2D eigenvalue weighted by atomic mass is 19.1. The third-order valence-corrected chi connectivity index (χ3v) is 5.69. The maximum absolute atomic E-state index is 14.0. The van der Waals surface area contributed by atoms with Crippen LogP contribution in [0.3, 0.4) is 0 Å². The number of hydrogen-bond donors (Lipinski definition) is 2. The lowest BCUT2D eigenvalue weighted by molar-refractivity contribution is 0.0589. The van der Waals surface area contributed by atoms with Gasteiger partial charge in [-0.25, -0.2) is 8.78 Å². The molecule has 2 N–H and O–H groups in total. The molecule has 0 saturated heterocycles. The molecule has 2 aromatic rings. The summed E-state index contributed by atoms with van der Waals surface area (Å²) < 4.78 is 27.8. The molecule has 2 atom stereocenters. The van der Waals surface area contributed by atoms with Crippen LogP contribution in [0.15, 0.2) is 48.5 Å². The number of halogens is 2. The largest absolute Gasteiger partial charge is 0.351 e. The SMILES string of the molecule is CC1(C)C[C@H](NC(=O)c2ccccc2F)C[C@@](C)(CNC(=O)c2ccccc2F)C1. The van der Waals surface area contributed by atoms with E-state index in [1.807, 2.05) is 0 Å². The number of carbonyl (C=O) groups is 2. The fraction of sp³-hybridized carbons (Fsp3) is 0.417. The molecule has 1 aliphatic carbocycles. The van der Waals surface area contributed by atoms with Crippen LogP contribution in [0.1, 0.15) is 60.7 Å². The van der Waals surface area contributed by atoms with Crippen molar-refractivity contribution in [3.63, 3.8) is 0 Å². The Balaban J connectivity index is 1.69. The first-order valence-electron chi connectivity index (χ1n) is 10.2. The summed E-state index contributed by atoms with van der Waals surface area (Å²) in [6.45, 7) is 6.64. The Morgan fingerprint density at radius 3 is 2.00 bits per heavy atom. The zero-order valence-corrected chi connectivity index (χ0v) is 17.6. The van der Waals surface area contributed by atoms with Crippen molar-refractivity contribution in [2.24, 2.45) is 10.8 Å². The summed E-state index contributed by atoms with van der Waals surface area (Å²) >= 11 is 0. The number of hydrogen-bond acceptors (Lipinski definition) is 2. The smallest absolute Gasteiger partial charge is 0.254 e. The molecule has 2 aromatic carbocycles. The third-order valence-electron chi connectivity index (χ3n) is 5.69. The van der Waals surface area contributed by atoms with E-state index in [9.17, 15) is 18.4 Å². The second-order valence-corrected chi connectivity index (χ2v) is 9.37. The molecule has 0 unspecified atom stereocenters. The van der Waals surface area contributed by atoms with Crippen molar-refractivity contribution >= 4 is 11.8 Å². The van der Waals surface area contributed by atoms with Gasteiger partial charge in [-0.3, -0.25) is 9.59 Å². The van der Waals surface area contributed by atoms with Crippen molar-refractivity contribution in [3.05, 3.63) is 71.3 Å².